The van der Waals surface area contributed by atoms with Crippen LogP contribution in [0.5, 0.6) is 0 Å². The zero-order valence-electron chi connectivity index (χ0n) is 9.03. The Bertz CT molecular complexity index is 292. The lowest BCUT2D eigenvalue weighted by Crippen LogP contribution is -2.11. The number of aromatic nitrogens is 3. The molecule has 0 radical (unpaired) electrons. The normalized spacial score (nSPS) is 18.2. The molecule has 1 heterocycles. The molecule has 0 spiro atoms. The van der Waals surface area contributed by atoms with Crippen LogP contribution in [0.25, 0.3) is 0 Å². The fraction of sp³-hybridized carbons (Fsp3) is 0.818. The quantitative estimate of drug-likeness (QED) is 0.741. The van der Waals surface area contributed by atoms with E-state index in [1.807, 2.05) is 0 Å². The molecule has 0 amide bonds. The van der Waals surface area contributed by atoms with Crippen molar-refractivity contribution in [2.45, 2.75) is 50.9 Å². The van der Waals surface area contributed by atoms with Crippen LogP contribution in [0.3, 0.4) is 0 Å². The molecule has 4 heteroatoms. The summed E-state index contributed by atoms with van der Waals surface area (Å²) in [7, 11) is 0. The zero-order chi connectivity index (χ0) is 10.5. The Morgan fingerprint density at radius 1 is 1.33 bits per heavy atom. The number of hydrogen-bond donors (Lipinski definition) is 0. The van der Waals surface area contributed by atoms with Crippen molar-refractivity contribution in [2.75, 3.05) is 0 Å². The second-order valence-electron chi connectivity index (χ2n) is 4.37. The SMILES string of the molecule is ClCc1nncn1CCC1CCCCC1. The summed E-state index contributed by atoms with van der Waals surface area (Å²) in [4.78, 5) is 0. The van der Waals surface area contributed by atoms with Gasteiger partial charge < -0.3 is 4.57 Å². The van der Waals surface area contributed by atoms with Crippen molar-refractivity contribution in [3.8, 4) is 0 Å². The summed E-state index contributed by atoms with van der Waals surface area (Å²) in [6.45, 7) is 1.03. The van der Waals surface area contributed by atoms with Crippen LogP contribution in [0.4, 0.5) is 0 Å². The standard InChI is InChI=1S/C11H18ClN3/c12-8-11-14-13-9-15(11)7-6-10-4-2-1-3-5-10/h9-10H,1-8H2. The van der Waals surface area contributed by atoms with Crippen LogP contribution in [0.15, 0.2) is 6.33 Å². The Morgan fingerprint density at radius 2 is 2.13 bits per heavy atom. The molecule has 2 rings (SSSR count). The molecule has 0 aromatic carbocycles. The molecule has 1 saturated carbocycles. The predicted molar refractivity (Wildman–Crippen MR) is 60.8 cm³/mol. The van der Waals surface area contributed by atoms with Gasteiger partial charge in [0.1, 0.15) is 12.2 Å². The largest absolute Gasteiger partial charge is 0.317 e. The maximum Gasteiger partial charge on any atom is 0.147 e. The van der Waals surface area contributed by atoms with Gasteiger partial charge in [0.25, 0.3) is 0 Å². The Morgan fingerprint density at radius 3 is 2.87 bits per heavy atom. The van der Waals surface area contributed by atoms with Crippen molar-refractivity contribution in [1.82, 2.24) is 14.8 Å². The lowest BCUT2D eigenvalue weighted by molar-refractivity contribution is 0.323. The monoisotopic (exact) mass is 227 g/mol. The summed E-state index contributed by atoms with van der Waals surface area (Å²) in [5, 5.41) is 7.86. The predicted octanol–water partition coefficient (Wildman–Crippen LogP) is 2.99. The molecule has 0 N–H and O–H groups in total. The van der Waals surface area contributed by atoms with Gasteiger partial charge in [-0.3, -0.25) is 0 Å². The Hall–Kier alpha value is -0.570. The van der Waals surface area contributed by atoms with E-state index >= 15 is 0 Å². The number of rotatable bonds is 4. The molecule has 1 aliphatic rings. The van der Waals surface area contributed by atoms with Crippen molar-refractivity contribution in [3.05, 3.63) is 12.2 Å². The molecule has 1 aromatic heterocycles. The van der Waals surface area contributed by atoms with Crippen LogP contribution in [0, 0.1) is 5.92 Å². The Balaban J connectivity index is 1.81. The van der Waals surface area contributed by atoms with E-state index in [1.165, 1.54) is 38.5 Å². The zero-order valence-corrected chi connectivity index (χ0v) is 9.79. The summed E-state index contributed by atoms with van der Waals surface area (Å²) in [5.41, 5.74) is 0. The van der Waals surface area contributed by atoms with Crippen molar-refractivity contribution >= 4 is 11.6 Å². The molecular weight excluding hydrogens is 210 g/mol. The first kappa shape index (κ1) is 10.9. The molecule has 1 aromatic rings. The molecule has 1 fully saturated rings. The van der Waals surface area contributed by atoms with E-state index in [1.54, 1.807) is 6.33 Å². The number of alkyl halides is 1. The smallest absolute Gasteiger partial charge is 0.147 e. The van der Waals surface area contributed by atoms with Gasteiger partial charge in [0.15, 0.2) is 0 Å². The molecular formula is C11H18ClN3. The van der Waals surface area contributed by atoms with Crippen molar-refractivity contribution in [1.29, 1.82) is 0 Å². The van der Waals surface area contributed by atoms with Gasteiger partial charge in [-0.15, -0.1) is 21.8 Å². The summed E-state index contributed by atoms with van der Waals surface area (Å²) in [5.74, 6) is 2.27. The first-order valence-corrected chi connectivity index (χ1v) is 6.36. The van der Waals surface area contributed by atoms with Gasteiger partial charge >= 0.3 is 0 Å². The molecule has 3 nitrogen and oxygen atoms in total. The topological polar surface area (TPSA) is 30.7 Å². The van der Waals surface area contributed by atoms with E-state index in [4.69, 9.17) is 11.6 Å². The molecule has 84 valence electrons. The number of aryl methyl sites for hydroxylation is 1. The van der Waals surface area contributed by atoms with Gasteiger partial charge in [-0.05, 0) is 12.3 Å². The van der Waals surface area contributed by atoms with E-state index in [2.05, 4.69) is 14.8 Å². The molecule has 0 unspecified atom stereocenters. The van der Waals surface area contributed by atoms with Crippen LogP contribution in [-0.2, 0) is 12.4 Å². The Kier molecular flexibility index (Phi) is 4.01. The molecule has 1 aliphatic carbocycles. The third-order valence-electron chi connectivity index (χ3n) is 3.32. The second kappa shape index (κ2) is 5.50. The third kappa shape index (κ3) is 2.94. The highest BCUT2D eigenvalue weighted by Gasteiger charge is 2.13. The van der Waals surface area contributed by atoms with Crippen LogP contribution in [-0.4, -0.2) is 14.8 Å². The van der Waals surface area contributed by atoms with Gasteiger partial charge in [0, 0.05) is 6.54 Å². The second-order valence-corrected chi connectivity index (χ2v) is 4.63. The van der Waals surface area contributed by atoms with E-state index in [9.17, 15) is 0 Å². The third-order valence-corrected chi connectivity index (χ3v) is 3.56. The highest BCUT2D eigenvalue weighted by molar-refractivity contribution is 6.16. The Labute approximate surface area is 95.8 Å². The van der Waals surface area contributed by atoms with Gasteiger partial charge in [-0.2, -0.15) is 0 Å². The molecule has 15 heavy (non-hydrogen) atoms. The number of halogens is 1. The van der Waals surface area contributed by atoms with Crippen molar-refractivity contribution < 1.29 is 0 Å². The molecule has 0 atom stereocenters. The first-order valence-electron chi connectivity index (χ1n) is 5.83. The highest BCUT2D eigenvalue weighted by atomic mass is 35.5. The van der Waals surface area contributed by atoms with Gasteiger partial charge in [0.05, 0.1) is 5.88 Å². The highest BCUT2D eigenvalue weighted by Crippen LogP contribution is 2.26. The van der Waals surface area contributed by atoms with E-state index in [0.717, 1.165) is 18.3 Å². The maximum absolute atomic E-state index is 5.77. The average molecular weight is 228 g/mol. The van der Waals surface area contributed by atoms with Crippen molar-refractivity contribution in [3.63, 3.8) is 0 Å². The van der Waals surface area contributed by atoms with Crippen LogP contribution >= 0.6 is 11.6 Å². The van der Waals surface area contributed by atoms with E-state index in [-0.39, 0.29) is 0 Å². The van der Waals surface area contributed by atoms with Crippen LogP contribution in [0.1, 0.15) is 44.3 Å². The molecule has 0 aliphatic heterocycles. The minimum atomic E-state index is 0.463. The average Bonchev–Trinajstić information content (AvgIpc) is 2.75. The minimum absolute atomic E-state index is 0.463. The summed E-state index contributed by atoms with van der Waals surface area (Å²) < 4.78 is 2.08. The van der Waals surface area contributed by atoms with Crippen LogP contribution < -0.4 is 0 Å². The van der Waals surface area contributed by atoms with Crippen molar-refractivity contribution in [2.24, 2.45) is 5.92 Å². The minimum Gasteiger partial charge on any atom is -0.317 e. The summed E-state index contributed by atoms with van der Waals surface area (Å²) in [6, 6.07) is 0. The summed E-state index contributed by atoms with van der Waals surface area (Å²) >= 11 is 5.77. The molecule has 0 bridgehead atoms. The van der Waals surface area contributed by atoms with E-state index < -0.39 is 0 Å². The number of nitrogens with zero attached hydrogens (tertiary/aromatic N) is 3. The summed E-state index contributed by atoms with van der Waals surface area (Å²) in [6.07, 6.45) is 10.1. The van der Waals surface area contributed by atoms with Gasteiger partial charge in [-0.25, -0.2) is 0 Å². The lowest BCUT2D eigenvalue weighted by Gasteiger charge is -2.21. The fourth-order valence-electron chi connectivity index (χ4n) is 2.37. The molecule has 0 saturated heterocycles. The van der Waals surface area contributed by atoms with Gasteiger partial charge in [-0.1, -0.05) is 32.1 Å². The van der Waals surface area contributed by atoms with E-state index in [0.29, 0.717) is 5.88 Å². The van der Waals surface area contributed by atoms with Gasteiger partial charge in [0.2, 0.25) is 0 Å². The number of hydrogen-bond acceptors (Lipinski definition) is 2. The first-order chi connectivity index (χ1) is 7.40. The maximum atomic E-state index is 5.77. The van der Waals surface area contributed by atoms with Crippen LogP contribution in [0.2, 0.25) is 0 Å². The lowest BCUT2D eigenvalue weighted by atomic mass is 9.87. The fourth-order valence-corrected chi connectivity index (χ4v) is 2.57.